The lowest BCUT2D eigenvalue weighted by molar-refractivity contribution is 0.0962. The van der Waals surface area contributed by atoms with Crippen molar-refractivity contribution in [1.29, 1.82) is 0 Å². The minimum Gasteiger partial charge on any atom is -0.495 e. The van der Waals surface area contributed by atoms with Crippen LogP contribution >= 0.6 is 11.3 Å². The number of carbonyl (C=O) groups excluding carboxylic acids is 1. The maximum absolute atomic E-state index is 12.4. The van der Waals surface area contributed by atoms with Gasteiger partial charge in [-0.05, 0) is 19.1 Å². The summed E-state index contributed by atoms with van der Waals surface area (Å²) in [7, 11) is 4.81. The minimum atomic E-state index is -0.499. The van der Waals surface area contributed by atoms with E-state index in [1.54, 1.807) is 34.3 Å². The molecule has 0 bridgehead atoms. The Hall–Kier alpha value is -2.65. The number of nitrogens with zero attached hydrogens (tertiary/aromatic N) is 3. The van der Waals surface area contributed by atoms with E-state index in [1.807, 2.05) is 16.7 Å². The van der Waals surface area contributed by atoms with E-state index < -0.39 is 5.91 Å². The number of ether oxygens (including phenoxy) is 3. The SMILES string of the molecule is COCCn1c(=NC(=O)c2cc(C)no2)sc2c(OC)ccc(OC)c21. The van der Waals surface area contributed by atoms with Crippen molar-refractivity contribution in [3.63, 3.8) is 0 Å². The van der Waals surface area contributed by atoms with Gasteiger partial charge in [0.15, 0.2) is 4.80 Å². The Morgan fingerprint density at radius 3 is 2.62 bits per heavy atom. The lowest BCUT2D eigenvalue weighted by atomic mass is 10.3. The van der Waals surface area contributed by atoms with Crippen molar-refractivity contribution in [3.05, 3.63) is 34.5 Å². The first-order valence-electron chi connectivity index (χ1n) is 7.84. The third kappa shape index (κ3) is 3.35. The number of hydrogen-bond donors (Lipinski definition) is 0. The molecule has 1 amide bonds. The van der Waals surface area contributed by atoms with Crippen LogP contribution in [0, 0.1) is 6.92 Å². The van der Waals surface area contributed by atoms with Crippen molar-refractivity contribution < 1.29 is 23.5 Å². The van der Waals surface area contributed by atoms with E-state index in [2.05, 4.69) is 10.1 Å². The summed E-state index contributed by atoms with van der Waals surface area (Å²) in [5.74, 6) is 0.942. The molecule has 9 heteroatoms. The Labute approximate surface area is 153 Å². The second-order valence-electron chi connectivity index (χ2n) is 5.43. The molecule has 138 valence electrons. The van der Waals surface area contributed by atoms with Crippen LogP contribution in [0.4, 0.5) is 0 Å². The van der Waals surface area contributed by atoms with Crippen LogP contribution in [0.2, 0.25) is 0 Å². The monoisotopic (exact) mass is 377 g/mol. The predicted molar refractivity (Wildman–Crippen MR) is 95.9 cm³/mol. The first-order valence-corrected chi connectivity index (χ1v) is 8.66. The van der Waals surface area contributed by atoms with Crippen molar-refractivity contribution >= 4 is 27.5 Å². The summed E-state index contributed by atoms with van der Waals surface area (Å²) in [6, 6.07) is 5.20. The van der Waals surface area contributed by atoms with Gasteiger partial charge < -0.3 is 23.3 Å². The van der Waals surface area contributed by atoms with Gasteiger partial charge in [-0.25, -0.2) is 0 Å². The van der Waals surface area contributed by atoms with Gasteiger partial charge in [-0.3, -0.25) is 4.79 Å². The summed E-state index contributed by atoms with van der Waals surface area (Å²) in [4.78, 5) is 17.2. The molecular weight excluding hydrogens is 358 g/mol. The maximum Gasteiger partial charge on any atom is 0.318 e. The Morgan fingerprint density at radius 2 is 2.00 bits per heavy atom. The summed E-state index contributed by atoms with van der Waals surface area (Å²) >= 11 is 1.34. The number of methoxy groups -OCH3 is 3. The van der Waals surface area contributed by atoms with Crippen LogP contribution < -0.4 is 14.3 Å². The molecule has 0 radical (unpaired) electrons. The Kier molecular flexibility index (Phi) is 5.38. The highest BCUT2D eigenvalue weighted by molar-refractivity contribution is 7.16. The number of aromatic nitrogens is 2. The van der Waals surface area contributed by atoms with E-state index in [4.69, 9.17) is 18.7 Å². The summed E-state index contributed by atoms with van der Waals surface area (Å²) in [5.41, 5.74) is 1.42. The first-order chi connectivity index (χ1) is 12.6. The Bertz CT molecular complexity index is 1000. The summed E-state index contributed by atoms with van der Waals surface area (Å²) in [5, 5.41) is 3.73. The number of rotatable bonds is 6. The largest absolute Gasteiger partial charge is 0.495 e. The fourth-order valence-electron chi connectivity index (χ4n) is 2.54. The molecule has 3 aromatic rings. The fourth-order valence-corrected chi connectivity index (χ4v) is 3.70. The van der Waals surface area contributed by atoms with Crippen molar-refractivity contribution in [2.75, 3.05) is 27.9 Å². The average Bonchev–Trinajstić information content (AvgIpc) is 3.23. The molecule has 3 rings (SSSR count). The van der Waals surface area contributed by atoms with Gasteiger partial charge >= 0.3 is 5.91 Å². The Morgan fingerprint density at radius 1 is 1.27 bits per heavy atom. The topological polar surface area (TPSA) is 88.1 Å². The molecule has 1 aromatic carbocycles. The molecular formula is C17H19N3O5S. The molecule has 8 nitrogen and oxygen atoms in total. The highest BCUT2D eigenvalue weighted by atomic mass is 32.1. The molecule has 2 aromatic heterocycles. The van der Waals surface area contributed by atoms with Crippen LogP contribution in [0.25, 0.3) is 10.2 Å². The van der Waals surface area contributed by atoms with Crippen molar-refractivity contribution in [2.24, 2.45) is 4.99 Å². The van der Waals surface area contributed by atoms with E-state index in [0.29, 0.717) is 35.1 Å². The number of hydrogen-bond acceptors (Lipinski definition) is 7. The summed E-state index contributed by atoms with van der Waals surface area (Å²) in [6.45, 7) is 2.70. The molecule has 0 N–H and O–H groups in total. The third-order valence-electron chi connectivity index (χ3n) is 3.75. The van der Waals surface area contributed by atoms with E-state index in [-0.39, 0.29) is 5.76 Å². The highest BCUT2D eigenvalue weighted by Gasteiger charge is 2.17. The second-order valence-corrected chi connectivity index (χ2v) is 6.40. The molecule has 0 aliphatic rings. The zero-order valence-corrected chi connectivity index (χ0v) is 15.8. The van der Waals surface area contributed by atoms with Crippen LogP contribution in [0.15, 0.2) is 27.7 Å². The number of aryl methyl sites for hydroxylation is 1. The quantitative estimate of drug-likeness (QED) is 0.655. The predicted octanol–water partition coefficient (Wildman–Crippen LogP) is 2.40. The number of thiazole rings is 1. The molecule has 0 unspecified atom stereocenters. The highest BCUT2D eigenvalue weighted by Crippen LogP contribution is 2.35. The molecule has 0 aliphatic carbocycles. The normalized spacial score (nSPS) is 11.9. The maximum atomic E-state index is 12.4. The van der Waals surface area contributed by atoms with Gasteiger partial charge in [0.1, 0.15) is 21.7 Å². The van der Waals surface area contributed by atoms with Crippen LogP contribution in [-0.2, 0) is 11.3 Å². The molecule has 0 saturated carbocycles. The zero-order chi connectivity index (χ0) is 18.7. The lowest BCUT2D eigenvalue weighted by Gasteiger charge is -2.09. The van der Waals surface area contributed by atoms with Gasteiger partial charge in [0.05, 0.1) is 26.5 Å². The average molecular weight is 377 g/mol. The van der Waals surface area contributed by atoms with Crippen molar-refractivity contribution in [2.45, 2.75) is 13.5 Å². The molecule has 0 spiro atoms. The summed E-state index contributed by atoms with van der Waals surface area (Å²) < 4.78 is 23.9. The second kappa shape index (κ2) is 7.71. The molecule has 2 heterocycles. The molecule has 0 saturated heterocycles. The Balaban J connectivity index is 2.23. The minimum absolute atomic E-state index is 0.0946. The van der Waals surface area contributed by atoms with Gasteiger partial charge in [0.2, 0.25) is 5.76 Å². The summed E-state index contributed by atoms with van der Waals surface area (Å²) in [6.07, 6.45) is 0. The van der Waals surface area contributed by atoms with Gasteiger partial charge in [0, 0.05) is 19.7 Å². The smallest absolute Gasteiger partial charge is 0.318 e. The van der Waals surface area contributed by atoms with E-state index in [0.717, 1.165) is 10.2 Å². The van der Waals surface area contributed by atoms with Crippen molar-refractivity contribution in [3.8, 4) is 11.5 Å². The first kappa shape index (κ1) is 18.2. The van der Waals surface area contributed by atoms with Gasteiger partial charge in [0.25, 0.3) is 0 Å². The molecule has 0 fully saturated rings. The van der Waals surface area contributed by atoms with E-state index >= 15 is 0 Å². The van der Waals surface area contributed by atoms with E-state index in [9.17, 15) is 4.79 Å². The van der Waals surface area contributed by atoms with Gasteiger partial charge in [-0.2, -0.15) is 4.99 Å². The van der Waals surface area contributed by atoms with Crippen LogP contribution in [0.3, 0.4) is 0 Å². The van der Waals surface area contributed by atoms with Gasteiger partial charge in [-0.15, -0.1) is 0 Å². The van der Waals surface area contributed by atoms with Gasteiger partial charge in [-0.1, -0.05) is 16.5 Å². The van der Waals surface area contributed by atoms with Crippen LogP contribution in [0.5, 0.6) is 11.5 Å². The number of fused-ring (bicyclic) bond motifs is 1. The van der Waals surface area contributed by atoms with Crippen molar-refractivity contribution in [1.82, 2.24) is 9.72 Å². The van der Waals surface area contributed by atoms with Crippen LogP contribution in [-0.4, -0.2) is 43.6 Å². The number of amides is 1. The van der Waals surface area contributed by atoms with E-state index in [1.165, 1.54) is 11.3 Å². The standard InChI is InChI=1S/C17H19N3O5S/c1-10-9-13(25-19-10)16(21)18-17-20(7-8-22-2)14-11(23-3)5-6-12(24-4)15(14)26-17/h5-6,9H,7-8H2,1-4H3. The van der Waals surface area contributed by atoms with Crippen LogP contribution in [0.1, 0.15) is 16.2 Å². The third-order valence-corrected chi connectivity index (χ3v) is 4.84. The lowest BCUT2D eigenvalue weighted by Crippen LogP contribution is -2.19. The number of carbonyl (C=O) groups is 1. The molecule has 26 heavy (non-hydrogen) atoms. The fraction of sp³-hybridized carbons (Fsp3) is 0.353. The molecule has 0 atom stereocenters. The zero-order valence-electron chi connectivity index (χ0n) is 14.9. The number of benzene rings is 1. The molecule has 0 aliphatic heterocycles.